The molecule has 0 saturated carbocycles. The van der Waals surface area contributed by atoms with Gasteiger partial charge in [-0.3, -0.25) is 4.98 Å². The van der Waals surface area contributed by atoms with Crippen LogP contribution >= 0.6 is 0 Å². The van der Waals surface area contributed by atoms with E-state index < -0.39 is 0 Å². The van der Waals surface area contributed by atoms with Crippen LogP contribution in [-0.4, -0.2) is 24.5 Å². The number of furan rings is 2. The molecule has 0 aliphatic heterocycles. The van der Waals surface area contributed by atoms with Crippen LogP contribution in [0.5, 0.6) is 0 Å². The third-order valence-electron chi connectivity index (χ3n) is 9.77. The van der Waals surface area contributed by atoms with Gasteiger partial charge in [-0.15, -0.1) is 0 Å². The molecule has 0 N–H and O–H groups in total. The first-order valence-corrected chi connectivity index (χ1v) is 16.8. The number of pyridine rings is 1. The van der Waals surface area contributed by atoms with E-state index in [0.29, 0.717) is 17.5 Å². The van der Waals surface area contributed by atoms with Crippen molar-refractivity contribution < 1.29 is 8.83 Å². The van der Waals surface area contributed by atoms with Gasteiger partial charge in [0.15, 0.2) is 17.5 Å². The molecule has 0 atom stereocenters. The summed E-state index contributed by atoms with van der Waals surface area (Å²) in [6, 6.07) is 47.5. The lowest BCUT2D eigenvalue weighted by molar-refractivity contribution is 0.668. The van der Waals surface area contributed by atoms with Crippen molar-refractivity contribution in [3.8, 4) is 39.9 Å². The number of benzene rings is 6. The summed E-state index contributed by atoms with van der Waals surface area (Å²) in [4.78, 5) is 19.7. The molecule has 0 aliphatic carbocycles. The quantitative estimate of drug-likeness (QED) is 0.188. The number of rotatable bonds is 4. The van der Waals surface area contributed by atoms with Gasteiger partial charge in [0, 0.05) is 67.1 Å². The molecule has 5 aromatic heterocycles. The number of nitrogens with zero attached hydrogens (tertiary/aromatic N) is 5. The molecule has 0 amide bonds. The predicted molar refractivity (Wildman–Crippen MR) is 203 cm³/mol. The SMILES string of the molecule is c1ccc2c(c1)oc1cc(-c3nc(-c4ccc(-n5c6ccccc6c6ccccc65)cc4)nc(-c4cccc5oc6ccncc6c45)n3)ccc12. The Morgan fingerprint density at radius 3 is 1.84 bits per heavy atom. The molecular formula is C44H25N5O2. The van der Waals surface area contributed by atoms with E-state index in [1.54, 1.807) is 6.20 Å². The van der Waals surface area contributed by atoms with Crippen LogP contribution in [0.1, 0.15) is 0 Å². The molecule has 0 aliphatic rings. The van der Waals surface area contributed by atoms with Gasteiger partial charge in [-0.2, -0.15) is 0 Å². The summed E-state index contributed by atoms with van der Waals surface area (Å²) in [5, 5.41) is 6.39. The van der Waals surface area contributed by atoms with Crippen LogP contribution in [0.25, 0.3) is 106 Å². The van der Waals surface area contributed by atoms with Gasteiger partial charge in [0.25, 0.3) is 0 Å². The lowest BCUT2D eigenvalue weighted by Crippen LogP contribution is -2.01. The van der Waals surface area contributed by atoms with Crippen molar-refractivity contribution in [1.29, 1.82) is 0 Å². The molecule has 0 fully saturated rings. The largest absolute Gasteiger partial charge is 0.456 e. The van der Waals surface area contributed by atoms with Crippen molar-refractivity contribution in [1.82, 2.24) is 24.5 Å². The molecule has 7 nitrogen and oxygen atoms in total. The van der Waals surface area contributed by atoms with E-state index in [1.807, 2.05) is 54.7 Å². The molecule has 6 aromatic carbocycles. The standard InChI is InChI=1S/C44H25N5O2/c1-4-12-35-29(8-1)30-9-2-5-13-36(30)49(35)28-19-16-26(17-20-28)42-46-43(27-18-21-32-31-10-3-6-14-37(31)51-40(32)24-27)48-44(47-42)33-11-7-15-39-41(33)34-25-45-23-22-38(34)50-39/h1-25H. The maximum atomic E-state index is 6.26. The van der Waals surface area contributed by atoms with Gasteiger partial charge in [-0.25, -0.2) is 15.0 Å². The highest BCUT2D eigenvalue weighted by molar-refractivity contribution is 6.12. The van der Waals surface area contributed by atoms with Gasteiger partial charge >= 0.3 is 0 Å². The van der Waals surface area contributed by atoms with Gasteiger partial charge in [0.1, 0.15) is 22.3 Å². The average Bonchev–Trinajstić information content (AvgIpc) is 3.87. The van der Waals surface area contributed by atoms with Crippen LogP contribution in [0.2, 0.25) is 0 Å². The zero-order valence-electron chi connectivity index (χ0n) is 27.0. The van der Waals surface area contributed by atoms with E-state index in [2.05, 4.69) is 101 Å². The summed E-state index contributed by atoms with van der Waals surface area (Å²) >= 11 is 0. The minimum absolute atomic E-state index is 0.545. The summed E-state index contributed by atoms with van der Waals surface area (Å²) < 4.78 is 14.8. The molecule has 238 valence electrons. The van der Waals surface area contributed by atoms with Gasteiger partial charge in [0.05, 0.1) is 11.0 Å². The third kappa shape index (κ3) is 4.25. The second-order valence-electron chi connectivity index (χ2n) is 12.7. The molecule has 51 heavy (non-hydrogen) atoms. The highest BCUT2D eigenvalue weighted by atomic mass is 16.3. The van der Waals surface area contributed by atoms with Gasteiger partial charge in [-0.05, 0) is 66.7 Å². The molecule has 0 saturated heterocycles. The van der Waals surface area contributed by atoms with Crippen molar-refractivity contribution in [3.63, 3.8) is 0 Å². The molecule has 0 unspecified atom stereocenters. The van der Waals surface area contributed by atoms with Crippen molar-refractivity contribution in [2.75, 3.05) is 0 Å². The van der Waals surface area contributed by atoms with Crippen molar-refractivity contribution in [3.05, 3.63) is 152 Å². The van der Waals surface area contributed by atoms with Gasteiger partial charge < -0.3 is 13.4 Å². The Bertz CT molecular complexity index is 3100. The average molecular weight is 656 g/mol. The molecule has 7 heteroatoms. The van der Waals surface area contributed by atoms with Crippen LogP contribution in [0.15, 0.2) is 161 Å². The third-order valence-corrected chi connectivity index (χ3v) is 9.77. The summed E-state index contributed by atoms with van der Waals surface area (Å²) in [5.74, 6) is 1.66. The monoisotopic (exact) mass is 655 g/mol. The zero-order valence-corrected chi connectivity index (χ0v) is 27.0. The van der Waals surface area contributed by atoms with E-state index in [1.165, 1.54) is 10.8 Å². The van der Waals surface area contributed by atoms with Crippen molar-refractivity contribution >= 4 is 65.7 Å². The fourth-order valence-electron chi connectivity index (χ4n) is 7.44. The number of para-hydroxylation sites is 3. The van der Waals surface area contributed by atoms with Crippen LogP contribution in [0.4, 0.5) is 0 Å². The Hall–Kier alpha value is -7.12. The first kappa shape index (κ1) is 27.8. The fourth-order valence-corrected chi connectivity index (χ4v) is 7.44. The molecule has 11 aromatic rings. The Labute approximate surface area is 290 Å². The smallest absolute Gasteiger partial charge is 0.164 e. The Balaban J connectivity index is 1.11. The first-order chi connectivity index (χ1) is 25.3. The predicted octanol–water partition coefficient (Wildman–Crippen LogP) is 11.2. The van der Waals surface area contributed by atoms with E-state index in [-0.39, 0.29) is 0 Å². The lowest BCUT2D eigenvalue weighted by Gasteiger charge is -2.11. The molecule has 0 radical (unpaired) electrons. The zero-order chi connectivity index (χ0) is 33.5. The van der Waals surface area contributed by atoms with Gasteiger partial charge in [0.2, 0.25) is 0 Å². The van der Waals surface area contributed by atoms with Crippen LogP contribution in [0, 0.1) is 0 Å². The second kappa shape index (κ2) is 10.7. The molecule has 0 bridgehead atoms. The first-order valence-electron chi connectivity index (χ1n) is 16.8. The van der Waals surface area contributed by atoms with E-state index >= 15 is 0 Å². The highest BCUT2D eigenvalue weighted by Gasteiger charge is 2.19. The van der Waals surface area contributed by atoms with Crippen molar-refractivity contribution in [2.45, 2.75) is 0 Å². The molecule has 11 rings (SSSR count). The molecule has 5 heterocycles. The Morgan fingerprint density at radius 1 is 0.431 bits per heavy atom. The van der Waals surface area contributed by atoms with Crippen molar-refractivity contribution in [2.24, 2.45) is 0 Å². The summed E-state index contributed by atoms with van der Waals surface area (Å²) in [6.45, 7) is 0. The van der Waals surface area contributed by atoms with Crippen LogP contribution < -0.4 is 0 Å². The maximum absolute atomic E-state index is 6.26. The van der Waals surface area contributed by atoms with Crippen LogP contribution in [-0.2, 0) is 0 Å². The normalized spacial score (nSPS) is 11.9. The highest BCUT2D eigenvalue weighted by Crippen LogP contribution is 2.38. The minimum atomic E-state index is 0.545. The second-order valence-corrected chi connectivity index (χ2v) is 12.7. The minimum Gasteiger partial charge on any atom is -0.456 e. The van der Waals surface area contributed by atoms with Crippen LogP contribution in [0.3, 0.4) is 0 Å². The van der Waals surface area contributed by atoms with Gasteiger partial charge in [-0.1, -0.05) is 72.8 Å². The fraction of sp³-hybridized carbons (Fsp3) is 0. The Kier molecular flexibility index (Phi) is 5.83. The van der Waals surface area contributed by atoms with E-state index in [9.17, 15) is 0 Å². The topological polar surface area (TPSA) is 82.8 Å². The van der Waals surface area contributed by atoms with E-state index in [4.69, 9.17) is 23.8 Å². The number of aromatic nitrogens is 5. The number of fused-ring (bicyclic) bond motifs is 9. The molecule has 0 spiro atoms. The summed E-state index contributed by atoms with van der Waals surface area (Å²) in [7, 11) is 0. The summed E-state index contributed by atoms with van der Waals surface area (Å²) in [6.07, 6.45) is 3.57. The lowest BCUT2D eigenvalue weighted by atomic mass is 10.1. The molecular weight excluding hydrogens is 631 g/mol. The summed E-state index contributed by atoms with van der Waals surface area (Å²) in [5.41, 5.74) is 9.06. The number of hydrogen-bond acceptors (Lipinski definition) is 6. The van der Waals surface area contributed by atoms with E-state index in [0.717, 1.165) is 77.3 Å². The number of hydrogen-bond donors (Lipinski definition) is 0. The maximum Gasteiger partial charge on any atom is 0.164 e. The Morgan fingerprint density at radius 2 is 1.04 bits per heavy atom.